The molecule has 144 valence electrons. The number of hydrogen-bond donors (Lipinski definition) is 0. The van der Waals surface area contributed by atoms with Crippen molar-refractivity contribution in [3.05, 3.63) is 95.6 Å². The van der Waals surface area contributed by atoms with Crippen molar-refractivity contribution in [3.63, 3.8) is 0 Å². The van der Waals surface area contributed by atoms with E-state index in [1.807, 2.05) is 24.7 Å². The summed E-state index contributed by atoms with van der Waals surface area (Å²) in [5.41, 5.74) is 13.7. The summed E-state index contributed by atoms with van der Waals surface area (Å²) in [7, 11) is 0. The van der Waals surface area contributed by atoms with Crippen LogP contribution in [0.4, 0.5) is 0 Å². The number of aromatic nitrogens is 4. The number of pyridine rings is 3. The average molecular weight is 396 g/mol. The molecule has 0 N–H and O–H groups in total. The third kappa shape index (κ3) is 1.88. The molecule has 4 aromatic heterocycles. The highest BCUT2D eigenvalue weighted by Gasteiger charge is 2.30. The molecular weight excluding hydrogens is 380 g/mol. The third-order valence-corrected chi connectivity index (χ3v) is 6.92. The smallest absolute Gasteiger partial charge is 0.147 e. The van der Waals surface area contributed by atoms with Gasteiger partial charge >= 0.3 is 0 Å². The van der Waals surface area contributed by atoms with Crippen molar-refractivity contribution >= 4 is 27.5 Å². The van der Waals surface area contributed by atoms with Gasteiger partial charge in [0.2, 0.25) is 0 Å². The Morgan fingerprint density at radius 3 is 2.68 bits per heavy atom. The molecule has 8 rings (SSSR count). The largest absolute Gasteiger partial charge is 0.291 e. The molecule has 0 saturated heterocycles. The van der Waals surface area contributed by atoms with Gasteiger partial charge in [0.1, 0.15) is 5.65 Å². The van der Waals surface area contributed by atoms with Gasteiger partial charge in [0.25, 0.3) is 0 Å². The zero-order valence-corrected chi connectivity index (χ0v) is 16.6. The second-order valence-electron chi connectivity index (χ2n) is 8.54. The molecule has 0 spiro atoms. The van der Waals surface area contributed by atoms with Gasteiger partial charge in [0, 0.05) is 41.3 Å². The molecule has 0 radical (unpaired) electrons. The van der Waals surface area contributed by atoms with Crippen LogP contribution in [0, 0.1) is 0 Å². The lowest BCUT2D eigenvalue weighted by atomic mass is 9.99. The summed E-state index contributed by atoms with van der Waals surface area (Å²) in [6, 6.07) is 19.8. The van der Waals surface area contributed by atoms with Crippen molar-refractivity contribution in [2.45, 2.75) is 12.8 Å². The van der Waals surface area contributed by atoms with Crippen LogP contribution in [0.3, 0.4) is 0 Å². The number of nitrogens with zero attached hydrogens (tertiary/aromatic N) is 4. The monoisotopic (exact) mass is 396 g/mol. The van der Waals surface area contributed by atoms with Crippen LogP contribution in [0.5, 0.6) is 0 Å². The topological polar surface area (TPSA) is 43.1 Å². The first kappa shape index (κ1) is 15.7. The van der Waals surface area contributed by atoms with Crippen molar-refractivity contribution in [2.24, 2.45) is 0 Å². The van der Waals surface area contributed by atoms with E-state index in [1.54, 1.807) is 0 Å². The van der Waals surface area contributed by atoms with Gasteiger partial charge in [-0.05, 0) is 58.5 Å². The highest BCUT2D eigenvalue weighted by atomic mass is 15.0. The fraction of sp³-hybridized carbons (Fsp3) is 0.0741. The summed E-state index contributed by atoms with van der Waals surface area (Å²) in [5, 5.41) is 2.14. The lowest BCUT2D eigenvalue weighted by molar-refractivity contribution is 1.15. The molecule has 2 aliphatic carbocycles. The number of hydrogen-bond acceptors (Lipinski definition) is 3. The molecule has 4 heteroatoms. The molecule has 6 aromatic rings. The van der Waals surface area contributed by atoms with E-state index in [4.69, 9.17) is 4.98 Å². The molecule has 31 heavy (non-hydrogen) atoms. The Balaban J connectivity index is 1.52. The summed E-state index contributed by atoms with van der Waals surface area (Å²) in [6.07, 6.45) is 7.53. The maximum absolute atomic E-state index is 5.14. The van der Waals surface area contributed by atoms with Crippen molar-refractivity contribution in [2.75, 3.05) is 0 Å². The van der Waals surface area contributed by atoms with Gasteiger partial charge in [-0.25, -0.2) is 4.98 Å². The Bertz CT molecular complexity index is 1740. The molecule has 0 unspecified atom stereocenters. The Labute approximate surface area is 177 Å². The molecular formula is C27H16N4. The Hall–Kier alpha value is -4.05. The molecule has 4 nitrogen and oxygen atoms in total. The van der Waals surface area contributed by atoms with E-state index < -0.39 is 0 Å². The molecule has 0 amide bonds. The van der Waals surface area contributed by atoms with Crippen LogP contribution in [0.2, 0.25) is 0 Å². The zero-order valence-electron chi connectivity index (χ0n) is 16.6. The second-order valence-corrected chi connectivity index (χ2v) is 8.54. The Morgan fingerprint density at radius 2 is 1.68 bits per heavy atom. The molecule has 2 aliphatic rings. The molecule has 0 bridgehead atoms. The first-order valence-electron chi connectivity index (χ1n) is 10.6. The predicted octanol–water partition coefficient (Wildman–Crippen LogP) is 5.57. The van der Waals surface area contributed by atoms with E-state index >= 15 is 0 Å². The maximum Gasteiger partial charge on any atom is 0.147 e. The van der Waals surface area contributed by atoms with E-state index in [-0.39, 0.29) is 0 Å². The lowest BCUT2D eigenvalue weighted by Crippen LogP contribution is -1.96. The van der Waals surface area contributed by atoms with Gasteiger partial charge in [0.05, 0.1) is 22.4 Å². The zero-order chi connectivity index (χ0) is 20.1. The van der Waals surface area contributed by atoms with Crippen LogP contribution in [-0.2, 0) is 12.8 Å². The van der Waals surface area contributed by atoms with E-state index in [1.165, 1.54) is 39.1 Å². The van der Waals surface area contributed by atoms with Crippen molar-refractivity contribution < 1.29 is 0 Å². The fourth-order valence-corrected chi connectivity index (χ4v) is 5.63. The van der Waals surface area contributed by atoms with Gasteiger partial charge in [-0.2, -0.15) is 0 Å². The van der Waals surface area contributed by atoms with Crippen LogP contribution >= 0.6 is 0 Å². The normalized spacial score (nSPS) is 13.5. The Morgan fingerprint density at radius 1 is 0.742 bits per heavy atom. The minimum atomic E-state index is 0.879. The molecule has 0 saturated carbocycles. The molecule has 4 heterocycles. The van der Waals surface area contributed by atoms with E-state index in [9.17, 15) is 0 Å². The van der Waals surface area contributed by atoms with Gasteiger partial charge in [-0.3, -0.25) is 14.4 Å². The van der Waals surface area contributed by atoms with Gasteiger partial charge in [-0.1, -0.05) is 30.3 Å². The lowest BCUT2D eigenvalue weighted by Gasteiger charge is -2.11. The summed E-state index contributed by atoms with van der Waals surface area (Å²) < 4.78 is 2.33. The maximum atomic E-state index is 5.14. The summed E-state index contributed by atoms with van der Waals surface area (Å²) in [6.45, 7) is 0. The molecule has 0 atom stereocenters. The summed E-state index contributed by atoms with van der Waals surface area (Å²) in [5.74, 6) is 0. The number of rotatable bonds is 0. The Kier molecular flexibility index (Phi) is 2.72. The SMILES string of the molecule is c1ccc2c(c1)Cc1cc3c(cc1-2)-c1c(nc2c4cccnc4c4cnccc4n12)C3. The average Bonchev–Trinajstić information content (AvgIpc) is 3.47. The predicted molar refractivity (Wildman–Crippen MR) is 122 cm³/mol. The van der Waals surface area contributed by atoms with Crippen molar-refractivity contribution in [1.29, 1.82) is 0 Å². The number of benzene rings is 2. The van der Waals surface area contributed by atoms with Gasteiger partial charge < -0.3 is 0 Å². The standard InChI is InChI=1S/C27H16N4/c1-2-5-18-15(4-1)10-16-11-17-12-23-26(21(17)13-20(16)18)31-24-7-9-28-14-22(24)25-19(27(31)30-23)6-3-8-29-25/h1-9,11,13-14H,10,12H2. The molecule has 0 aliphatic heterocycles. The first-order chi connectivity index (χ1) is 15.4. The minimum absolute atomic E-state index is 0.879. The highest BCUT2D eigenvalue weighted by Crippen LogP contribution is 2.46. The van der Waals surface area contributed by atoms with Crippen LogP contribution in [0.1, 0.15) is 22.4 Å². The molecule has 2 aromatic carbocycles. The van der Waals surface area contributed by atoms with Crippen LogP contribution in [0.25, 0.3) is 49.8 Å². The van der Waals surface area contributed by atoms with E-state index in [0.717, 1.165) is 46.0 Å². The van der Waals surface area contributed by atoms with E-state index in [0.29, 0.717) is 0 Å². The van der Waals surface area contributed by atoms with Crippen LogP contribution in [0.15, 0.2) is 73.2 Å². The fourth-order valence-electron chi connectivity index (χ4n) is 5.63. The summed E-state index contributed by atoms with van der Waals surface area (Å²) in [4.78, 5) is 14.2. The first-order valence-corrected chi connectivity index (χ1v) is 10.6. The van der Waals surface area contributed by atoms with E-state index in [2.05, 4.69) is 62.9 Å². The van der Waals surface area contributed by atoms with Gasteiger partial charge in [-0.15, -0.1) is 0 Å². The minimum Gasteiger partial charge on any atom is -0.291 e. The quantitative estimate of drug-likeness (QED) is 0.315. The summed E-state index contributed by atoms with van der Waals surface area (Å²) >= 11 is 0. The van der Waals surface area contributed by atoms with Gasteiger partial charge in [0.15, 0.2) is 0 Å². The third-order valence-electron chi connectivity index (χ3n) is 6.92. The van der Waals surface area contributed by atoms with Crippen LogP contribution < -0.4 is 0 Å². The molecule has 0 fully saturated rings. The number of imidazole rings is 1. The van der Waals surface area contributed by atoms with Crippen LogP contribution in [-0.4, -0.2) is 19.4 Å². The highest BCUT2D eigenvalue weighted by molar-refractivity contribution is 6.10. The second kappa shape index (κ2) is 5.35. The van der Waals surface area contributed by atoms with Crippen molar-refractivity contribution in [3.8, 4) is 22.4 Å². The number of fused-ring (bicyclic) bond motifs is 13. The van der Waals surface area contributed by atoms with Crippen molar-refractivity contribution in [1.82, 2.24) is 19.4 Å².